The average Bonchev–Trinajstić information content (AvgIpc) is 3.06. The molecule has 1 aliphatic rings. The molecule has 0 unspecified atom stereocenters. The molecule has 3 rings (SSSR count). The second-order valence-corrected chi connectivity index (χ2v) is 6.78. The molecule has 1 aromatic carbocycles. The van der Waals surface area contributed by atoms with Crippen LogP contribution in [0.25, 0.3) is 11.3 Å². The number of aromatic nitrogens is 1. The van der Waals surface area contributed by atoms with Gasteiger partial charge in [0, 0.05) is 62.3 Å². The lowest BCUT2D eigenvalue weighted by Crippen LogP contribution is -2.45. The van der Waals surface area contributed by atoms with Gasteiger partial charge in [-0.1, -0.05) is 12.1 Å². The van der Waals surface area contributed by atoms with Crippen molar-refractivity contribution in [3.05, 3.63) is 39.8 Å². The molecule has 2 heterocycles. The highest BCUT2D eigenvalue weighted by atomic mass is 32.1. The number of anilines is 1. The van der Waals surface area contributed by atoms with E-state index in [0.29, 0.717) is 0 Å². The number of thiazole rings is 1. The van der Waals surface area contributed by atoms with Crippen LogP contribution in [0.4, 0.5) is 10.8 Å². The summed E-state index contributed by atoms with van der Waals surface area (Å²) in [7, 11) is 2.15. The Kier molecular flexibility index (Phi) is 5.39. The quantitative estimate of drug-likeness (QED) is 0.639. The largest absolute Gasteiger partial charge is 0.360 e. The van der Waals surface area contributed by atoms with Crippen LogP contribution in [0.2, 0.25) is 0 Å². The highest BCUT2D eigenvalue weighted by molar-refractivity contribution is 7.14. The number of nitrogens with zero attached hydrogens (tertiary/aromatic N) is 4. The molecular weight excluding hydrogens is 326 g/mol. The van der Waals surface area contributed by atoms with Gasteiger partial charge in [0.15, 0.2) is 5.13 Å². The second-order valence-electron chi connectivity index (χ2n) is 5.92. The summed E-state index contributed by atoms with van der Waals surface area (Å²) in [5, 5.41) is 17.0. The van der Waals surface area contributed by atoms with Gasteiger partial charge in [-0.05, 0) is 7.05 Å². The molecule has 0 amide bonds. The Labute approximate surface area is 145 Å². The van der Waals surface area contributed by atoms with Crippen molar-refractivity contribution in [1.82, 2.24) is 14.8 Å². The Bertz CT molecular complexity index is 697. The Balaban J connectivity index is 1.54. The van der Waals surface area contributed by atoms with Gasteiger partial charge in [-0.15, -0.1) is 11.3 Å². The van der Waals surface area contributed by atoms with Crippen molar-refractivity contribution < 1.29 is 4.92 Å². The molecule has 2 aromatic rings. The first kappa shape index (κ1) is 16.8. The van der Waals surface area contributed by atoms with Crippen LogP contribution in [-0.4, -0.2) is 66.0 Å². The number of nitro groups is 1. The summed E-state index contributed by atoms with van der Waals surface area (Å²) >= 11 is 1.53. The van der Waals surface area contributed by atoms with E-state index in [1.54, 1.807) is 12.1 Å². The standard InChI is InChI=1S/C16H21N5O2S/c1-19-7-9-20(10-8-19)6-5-17-16-18-15(12-24-16)13-3-2-4-14(11-13)21(22)23/h2-4,11-12H,5-10H2,1H3,(H,17,18). The van der Waals surface area contributed by atoms with Gasteiger partial charge in [0.1, 0.15) is 0 Å². The minimum atomic E-state index is -0.384. The molecule has 1 fully saturated rings. The van der Waals surface area contributed by atoms with Crippen molar-refractivity contribution in [3.8, 4) is 11.3 Å². The minimum Gasteiger partial charge on any atom is -0.360 e. The molecule has 7 nitrogen and oxygen atoms in total. The molecule has 0 atom stereocenters. The highest BCUT2D eigenvalue weighted by Gasteiger charge is 2.13. The van der Waals surface area contributed by atoms with E-state index < -0.39 is 0 Å². The van der Waals surface area contributed by atoms with Gasteiger partial charge in [-0.2, -0.15) is 0 Å². The normalized spacial score (nSPS) is 16.2. The molecule has 0 radical (unpaired) electrons. The van der Waals surface area contributed by atoms with Gasteiger partial charge in [-0.3, -0.25) is 15.0 Å². The van der Waals surface area contributed by atoms with Gasteiger partial charge in [-0.25, -0.2) is 4.98 Å². The fourth-order valence-electron chi connectivity index (χ4n) is 2.66. The molecule has 0 spiro atoms. The number of non-ortho nitro benzene ring substituents is 1. The van der Waals surface area contributed by atoms with Crippen molar-refractivity contribution >= 4 is 22.2 Å². The molecule has 1 aliphatic heterocycles. The van der Waals surface area contributed by atoms with E-state index in [2.05, 4.69) is 27.1 Å². The van der Waals surface area contributed by atoms with Gasteiger partial charge in [0.25, 0.3) is 5.69 Å². The molecule has 1 aromatic heterocycles. The minimum absolute atomic E-state index is 0.0880. The van der Waals surface area contributed by atoms with Gasteiger partial charge in [0.2, 0.25) is 0 Å². The number of likely N-dealkylation sites (N-methyl/N-ethyl adjacent to an activating group) is 1. The lowest BCUT2D eigenvalue weighted by atomic mass is 10.1. The summed E-state index contributed by atoms with van der Waals surface area (Å²) in [5.74, 6) is 0. The Morgan fingerprint density at radius 1 is 1.33 bits per heavy atom. The molecule has 1 saturated heterocycles. The van der Waals surface area contributed by atoms with Crippen molar-refractivity contribution in [2.45, 2.75) is 0 Å². The number of nitrogens with one attached hydrogen (secondary N) is 1. The van der Waals surface area contributed by atoms with Crippen LogP contribution in [0.1, 0.15) is 0 Å². The molecular formula is C16H21N5O2S. The fourth-order valence-corrected chi connectivity index (χ4v) is 3.41. The number of benzene rings is 1. The van der Waals surface area contributed by atoms with Crippen LogP contribution in [0.3, 0.4) is 0 Å². The topological polar surface area (TPSA) is 74.5 Å². The van der Waals surface area contributed by atoms with Crippen molar-refractivity contribution in [3.63, 3.8) is 0 Å². The first-order valence-corrected chi connectivity index (χ1v) is 8.85. The number of rotatable bonds is 6. The molecule has 128 valence electrons. The Hall–Kier alpha value is -2.03. The third-order valence-corrected chi connectivity index (χ3v) is 4.96. The first-order chi connectivity index (χ1) is 11.6. The fraction of sp³-hybridized carbons (Fsp3) is 0.438. The molecule has 8 heteroatoms. The zero-order valence-corrected chi connectivity index (χ0v) is 14.5. The van der Waals surface area contributed by atoms with E-state index in [-0.39, 0.29) is 10.6 Å². The van der Waals surface area contributed by atoms with Crippen molar-refractivity contribution in [2.24, 2.45) is 0 Å². The molecule has 1 N–H and O–H groups in total. The van der Waals surface area contributed by atoms with Crippen LogP contribution >= 0.6 is 11.3 Å². The van der Waals surface area contributed by atoms with Crippen LogP contribution in [-0.2, 0) is 0 Å². The van der Waals surface area contributed by atoms with Crippen molar-refractivity contribution in [1.29, 1.82) is 0 Å². The predicted octanol–water partition coefficient (Wildman–Crippen LogP) is 2.38. The SMILES string of the molecule is CN1CCN(CCNc2nc(-c3cccc([N+](=O)[O-])c3)cs2)CC1. The number of hydrogen-bond acceptors (Lipinski definition) is 7. The maximum atomic E-state index is 10.9. The summed E-state index contributed by atoms with van der Waals surface area (Å²) in [6.07, 6.45) is 0. The van der Waals surface area contributed by atoms with Crippen molar-refractivity contribution in [2.75, 3.05) is 51.6 Å². The van der Waals surface area contributed by atoms with E-state index in [1.165, 1.54) is 17.4 Å². The summed E-state index contributed by atoms with van der Waals surface area (Å²) in [6, 6.07) is 6.58. The average molecular weight is 347 g/mol. The molecule has 0 saturated carbocycles. The lowest BCUT2D eigenvalue weighted by Gasteiger charge is -2.32. The van der Waals surface area contributed by atoms with E-state index in [1.807, 2.05) is 11.4 Å². The predicted molar refractivity (Wildman–Crippen MR) is 96.6 cm³/mol. The van der Waals surface area contributed by atoms with Gasteiger partial charge in [0.05, 0.1) is 10.6 Å². The third kappa shape index (κ3) is 4.28. The summed E-state index contributed by atoms with van der Waals surface area (Å²) in [5.41, 5.74) is 1.63. The zero-order valence-electron chi connectivity index (χ0n) is 13.6. The van der Waals surface area contributed by atoms with E-state index in [0.717, 1.165) is 55.7 Å². The van der Waals surface area contributed by atoms with Crippen LogP contribution in [0, 0.1) is 10.1 Å². The number of piperazine rings is 1. The lowest BCUT2D eigenvalue weighted by molar-refractivity contribution is -0.384. The summed E-state index contributed by atoms with van der Waals surface area (Å²) < 4.78 is 0. The molecule has 24 heavy (non-hydrogen) atoms. The molecule has 0 bridgehead atoms. The zero-order chi connectivity index (χ0) is 16.9. The third-order valence-electron chi connectivity index (χ3n) is 4.16. The van der Waals surface area contributed by atoms with Crippen LogP contribution in [0.15, 0.2) is 29.6 Å². The Morgan fingerprint density at radius 3 is 2.88 bits per heavy atom. The van der Waals surface area contributed by atoms with Gasteiger partial charge >= 0.3 is 0 Å². The van der Waals surface area contributed by atoms with Crippen LogP contribution < -0.4 is 5.32 Å². The second kappa shape index (κ2) is 7.69. The maximum absolute atomic E-state index is 10.9. The first-order valence-electron chi connectivity index (χ1n) is 7.97. The summed E-state index contributed by atoms with van der Waals surface area (Å²) in [4.78, 5) is 19.8. The van der Waals surface area contributed by atoms with Crippen LogP contribution in [0.5, 0.6) is 0 Å². The smallest absolute Gasteiger partial charge is 0.270 e. The number of nitro benzene ring substituents is 1. The van der Waals surface area contributed by atoms with Gasteiger partial charge < -0.3 is 10.2 Å². The monoisotopic (exact) mass is 347 g/mol. The summed E-state index contributed by atoms with van der Waals surface area (Å²) in [6.45, 7) is 6.30. The maximum Gasteiger partial charge on any atom is 0.270 e. The van der Waals surface area contributed by atoms with E-state index in [4.69, 9.17) is 0 Å². The van der Waals surface area contributed by atoms with E-state index in [9.17, 15) is 10.1 Å². The number of hydrogen-bond donors (Lipinski definition) is 1. The Morgan fingerprint density at radius 2 is 2.12 bits per heavy atom. The highest BCUT2D eigenvalue weighted by Crippen LogP contribution is 2.27. The van der Waals surface area contributed by atoms with E-state index >= 15 is 0 Å². The molecule has 0 aliphatic carbocycles.